The maximum Gasteiger partial charge on any atom is 0.206 e. The molecule has 0 saturated carbocycles. The first-order valence-corrected chi connectivity index (χ1v) is 8.15. The number of hydrogen-bond donors (Lipinski definition) is 1. The molecule has 6 heteroatoms. The molecule has 2 rings (SSSR count). The molecule has 1 unspecified atom stereocenters. The van der Waals surface area contributed by atoms with E-state index < -0.39 is 6.10 Å². The van der Waals surface area contributed by atoms with Crippen molar-refractivity contribution in [3.8, 4) is 17.2 Å². The van der Waals surface area contributed by atoms with Gasteiger partial charge >= 0.3 is 0 Å². The van der Waals surface area contributed by atoms with Gasteiger partial charge in [-0.2, -0.15) is 0 Å². The van der Waals surface area contributed by atoms with Crippen LogP contribution in [0.5, 0.6) is 17.2 Å². The van der Waals surface area contributed by atoms with Gasteiger partial charge in [-0.1, -0.05) is 6.07 Å². The van der Waals surface area contributed by atoms with Crippen molar-refractivity contribution < 1.29 is 19.0 Å². The summed E-state index contributed by atoms with van der Waals surface area (Å²) < 4.78 is 17.0. The largest absolute Gasteiger partial charge is 0.496 e. The van der Waals surface area contributed by atoms with Crippen LogP contribution in [0, 0.1) is 6.92 Å². The van der Waals surface area contributed by atoms with Crippen LogP contribution < -0.4 is 19.9 Å². The van der Waals surface area contributed by atoms with Crippen LogP contribution >= 0.6 is 15.9 Å². The second-order valence-electron chi connectivity index (χ2n) is 5.35. The molecule has 2 aromatic carbocycles. The maximum atomic E-state index is 12.8. The van der Waals surface area contributed by atoms with E-state index in [1.54, 1.807) is 31.2 Å². The third-order valence-electron chi connectivity index (χ3n) is 3.58. The van der Waals surface area contributed by atoms with Crippen molar-refractivity contribution in [2.24, 2.45) is 0 Å². The third-order valence-corrected chi connectivity index (χ3v) is 4.20. The normalized spacial score (nSPS) is 11.7. The average molecular weight is 394 g/mol. The number of nitrogens with two attached hydrogens (primary N) is 1. The standard InChI is InChI=1S/C18H20BrNO4/c1-10-5-6-15(14(20)7-10)24-11(2)18(21)12-8-17(23-4)13(19)9-16(12)22-3/h5-9,11H,20H2,1-4H3. The quantitative estimate of drug-likeness (QED) is 0.592. The molecule has 0 saturated heterocycles. The van der Waals surface area contributed by atoms with Crippen molar-refractivity contribution in [2.75, 3.05) is 20.0 Å². The Hall–Kier alpha value is -2.21. The Balaban J connectivity index is 2.30. The first-order valence-electron chi connectivity index (χ1n) is 7.36. The Morgan fingerprint density at radius 3 is 2.33 bits per heavy atom. The molecule has 0 heterocycles. The van der Waals surface area contributed by atoms with Crippen LogP contribution in [0.4, 0.5) is 5.69 Å². The van der Waals surface area contributed by atoms with Crippen molar-refractivity contribution in [1.82, 2.24) is 0 Å². The third kappa shape index (κ3) is 3.82. The Morgan fingerprint density at radius 1 is 1.08 bits per heavy atom. The Kier molecular flexibility index (Phi) is 5.72. The molecular formula is C18H20BrNO4. The number of carbonyl (C=O) groups is 1. The second-order valence-corrected chi connectivity index (χ2v) is 6.21. The van der Waals surface area contributed by atoms with E-state index in [0.29, 0.717) is 33.0 Å². The Morgan fingerprint density at radius 2 is 1.75 bits per heavy atom. The first kappa shape index (κ1) is 18.1. The maximum absolute atomic E-state index is 12.8. The highest BCUT2D eigenvalue weighted by atomic mass is 79.9. The molecule has 0 amide bonds. The minimum Gasteiger partial charge on any atom is -0.496 e. The zero-order valence-electron chi connectivity index (χ0n) is 14.1. The summed E-state index contributed by atoms with van der Waals surface area (Å²) in [6.07, 6.45) is -0.727. The number of ether oxygens (including phenoxy) is 3. The van der Waals surface area contributed by atoms with E-state index >= 15 is 0 Å². The number of aryl methyl sites for hydroxylation is 1. The summed E-state index contributed by atoms with van der Waals surface area (Å²) in [4.78, 5) is 12.8. The number of hydrogen-bond acceptors (Lipinski definition) is 5. The van der Waals surface area contributed by atoms with Gasteiger partial charge in [-0.05, 0) is 59.6 Å². The highest BCUT2D eigenvalue weighted by Gasteiger charge is 2.23. The van der Waals surface area contributed by atoms with Gasteiger partial charge in [-0.3, -0.25) is 4.79 Å². The molecule has 0 fully saturated rings. The van der Waals surface area contributed by atoms with Crippen molar-refractivity contribution in [3.63, 3.8) is 0 Å². The molecule has 0 radical (unpaired) electrons. The SMILES string of the molecule is COc1cc(C(=O)C(C)Oc2ccc(C)cc2N)c(OC)cc1Br. The van der Waals surface area contributed by atoms with Crippen LogP contribution in [0.1, 0.15) is 22.8 Å². The predicted molar refractivity (Wildman–Crippen MR) is 97.3 cm³/mol. The van der Waals surface area contributed by atoms with E-state index in [0.717, 1.165) is 5.56 Å². The lowest BCUT2D eigenvalue weighted by molar-refractivity contribution is 0.0815. The summed E-state index contributed by atoms with van der Waals surface area (Å²) in [6, 6.07) is 8.76. The number of Topliss-reactive ketones (excluding diaryl/α,β-unsaturated/α-hetero) is 1. The molecule has 0 aromatic heterocycles. The smallest absolute Gasteiger partial charge is 0.206 e. The van der Waals surface area contributed by atoms with Gasteiger partial charge in [0.15, 0.2) is 6.10 Å². The first-order chi connectivity index (χ1) is 11.4. The summed E-state index contributed by atoms with van der Waals surface area (Å²) in [5, 5.41) is 0. The van der Waals surface area contributed by atoms with Crippen molar-refractivity contribution in [1.29, 1.82) is 0 Å². The molecule has 0 bridgehead atoms. The predicted octanol–water partition coefficient (Wildman–Crippen LogP) is 4.01. The fourth-order valence-corrected chi connectivity index (χ4v) is 2.78. The molecule has 128 valence electrons. The molecule has 24 heavy (non-hydrogen) atoms. The van der Waals surface area contributed by atoms with Gasteiger partial charge in [-0.15, -0.1) is 0 Å². The molecule has 0 aliphatic carbocycles. The van der Waals surface area contributed by atoms with Gasteiger partial charge in [0.2, 0.25) is 5.78 Å². The lowest BCUT2D eigenvalue weighted by Gasteiger charge is -2.18. The minimum absolute atomic E-state index is 0.224. The Bertz CT molecular complexity index is 761. The van der Waals surface area contributed by atoms with E-state index in [9.17, 15) is 4.79 Å². The number of anilines is 1. The van der Waals surface area contributed by atoms with Gasteiger partial charge in [0.05, 0.1) is 29.9 Å². The van der Waals surface area contributed by atoms with E-state index in [4.69, 9.17) is 19.9 Å². The second kappa shape index (κ2) is 7.57. The van der Waals surface area contributed by atoms with Crippen molar-refractivity contribution in [2.45, 2.75) is 20.0 Å². The van der Waals surface area contributed by atoms with Gasteiger partial charge in [0.1, 0.15) is 17.2 Å². The van der Waals surface area contributed by atoms with Gasteiger partial charge in [0.25, 0.3) is 0 Å². The van der Waals surface area contributed by atoms with E-state index in [-0.39, 0.29) is 5.78 Å². The molecule has 1 atom stereocenters. The van der Waals surface area contributed by atoms with Crippen LogP contribution in [0.15, 0.2) is 34.8 Å². The number of ketones is 1. The number of methoxy groups -OCH3 is 2. The number of halogens is 1. The minimum atomic E-state index is -0.727. The van der Waals surface area contributed by atoms with Crippen LogP contribution in [-0.2, 0) is 0 Å². The van der Waals surface area contributed by atoms with E-state index in [1.807, 2.05) is 13.0 Å². The van der Waals surface area contributed by atoms with Crippen molar-refractivity contribution in [3.05, 3.63) is 45.9 Å². The van der Waals surface area contributed by atoms with Gasteiger partial charge in [-0.25, -0.2) is 0 Å². The van der Waals surface area contributed by atoms with Crippen LogP contribution in [0.3, 0.4) is 0 Å². The van der Waals surface area contributed by atoms with Crippen LogP contribution in [-0.4, -0.2) is 26.1 Å². The fraction of sp³-hybridized carbons (Fsp3) is 0.278. The average Bonchev–Trinajstić information content (AvgIpc) is 2.56. The topological polar surface area (TPSA) is 70.8 Å². The van der Waals surface area contributed by atoms with Crippen LogP contribution in [0.25, 0.3) is 0 Å². The molecule has 0 spiro atoms. The monoisotopic (exact) mass is 393 g/mol. The molecule has 0 aliphatic heterocycles. The van der Waals surface area contributed by atoms with Crippen LogP contribution in [0.2, 0.25) is 0 Å². The molecule has 0 aliphatic rings. The fourth-order valence-electron chi connectivity index (χ4n) is 2.29. The zero-order valence-corrected chi connectivity index (χ0v) is 15.6. The highest BCUT2D eigenvalue weighted by molar-refractivity contribution is 9.10. The Labute approximate surface area is 149 Å². The molecular weight excluding hydrogens is 374 g/mol. The summed E-state index contributed by atoms with van der Waals surface area (Å²) in [7, 11) is 3.04. The lowest BCUT2D eigenvalue weighted by Crippen LogP contribution is -2.25. The molecule has 5 nitrogen and oxygen atoms in total. The molecule has 2 aromatic rings. The summed E-state index contributed by atoms with van der Waals surface area (Å²) in [5.41, 5.74) is 7.85. The highest BCUT2D eigenvalue weighted by Crippen LogP contribution is 2.34. The van der Waals surface area contributed by atoms with Gasteiger partial charge < -0.3 is 19.9 Å². The van der Waals surface area contributed by atoms with Crippen molar-refractivity contribution >= 4 is 27.4 Å². The lowest BCUT2D eigenvalue weighted by atomic mass is 10.1. The summed E-state index contributed by atoms with van der Waals surface area (Å²) >= 11 is 3.37. The number of carbonyl (C=O) groups excluding carboxylic acids is 1. The number of nitrogen functional groups attached to an aromatic ring is 1. The number of rotatable bonds is 6. The molecule has 2 N–H and O–H groups in total. The summed E-state index contributed by atoms with van der Waals surface area (Å²) in [6.45, 7) is 3.61. The zero-order chi connectivity index (χ0) is 17.9. The number of benzene rings is 2. The van der Waals surface area contributed by atoms with Gasteiger partial charge in [0, 0.05) is 0 Å². The summed E-state index contributed by atoms with van der Waals surface area (Å²) in [5.74, 6) is 1.24. The van der Waals surface area contributed by atoms with E-state index in [2.05, 4.69) is 15.9 Å². The van der Waals surface area contributed by atoms with E-state index in [1.165, 1.54) is 14.2 Å².